The first-order chi connectivity index (χ1) is 1.00. The van der Waals surface area contributed by atoms with E-state index < -0.39 is 0 Å². The van der Waals surface area contributed by atoms with Gasteiger partial charge in [-0.3, -0.25) is 0 Å². The first-order valence-electron chi connectivity index (χ1n) is 0.289. The van der Waals surface area contributed by atoms with Crippen molar-refractivity contribution in [2.75, 3.05) is 0 Å². The monoisotopic (exact) mass is 501 g/mol. The predicted octanol–water partition coefficient (Wildman–Crippen LogP) is -0.772. The van der Waals surface area contributed by atoms with E-state index in [0.29, 0.717) is 0 Å². The molecule has 0 amide bonds. The Hall–Kier alpha value is 3.50. The summed E-state index contributed by atoms with van der Waals surface area (Å²) in [7, 11) is 0. The van der Waals surface area contributed by atoms with Crippen molar-refractivity contribution in [2.45, 2.75) is 0 Å². The Bertz CT molecular complexity index is 11.6. The van der Waals surface area contributed by atoms with Crippen LogP contribution in [0.25, 0.3) is 0 Å². The van der Waals surface area contributed by atoms with Crippen LogP contribution in [0.1, 0.15) is 0 Å². The maximum Gasteiger partial charge on any atom is 0 e. The minimum atomic E-state index is -0.1000. The van der Waals surface area contributed by atoms with E-state index in [1.165, 1.54) is 0 Å². The van der Waals surface area contributed by atoms with Gasteiger partial charge in [0.05, 0.1) is 0 Å². The van der Waals surface area contributed by atoms with Gasteiger partial charge in [-0.05, 0) is 0 Å². The molecule has 0 atom stereocenters. The minimum absolute atomic E-state index is 0. The molecular weight excluding hydrogens is 500 g/mol. The first kappa shape index (κ1) is 23.6. The third-order valence-electron chi connectivity index (χ3n) is 0. The molecule has 0 aromatic heterocycles. The van der Waals surface area contributed by atoms with Crippen LogP contribution < -0.4 is 0 Å². The summed E-state index contributed by atoms with van der Waals surface area (Å²) < 4.78 is 8.42. The van der Waals surface area contributed by atoms with Crippen molar-refractivity contribution in [1.82, 2.24) is 0 Å². The second-order valence-corrected chi connectivity index (χ2v) is 0. The molecule has 0 rings (SSSR count). The van der Waals surface area contributed by atoms with E-state index in [1.807, 2.05) is 0 Å². The van der Waals surface area contributed by atoms with Gasteiger partial charge in [0, 0.05) is 85.8 Å². The fourth-order valence-corrected chi connectivity index (χ4v) is 0. The van der Waals surface area contributed by atoms with Gasteiger partial charge in [0.25, 0.3) is 0 Å². The zero-order valence-electron chi connectivity index (χ0n) is 2.56. The molecular formula is HCeInOTaTi. The summed E-state index contributed by atoms with van der Waals surface area (Å²) in [4.78, 5) is 0. The Labute approximate surface area is 110 Å². The largest absolute Gasteiger partial charge is 0 e. The van der Waals surface area contributed by atoms with Gasteiger partial charge in [-0.15, -0.1) is 0 Å². The molecule has 0 bridgehead atoms. The molecule has 0 aromatic carbocycles. The van der Waals surface area contributed by atoms with Crippen molar-refractivity contribution in [2.24, 2.45) is 0 Å². The van der Waals surface area contributed by atoms with Crippen molar-refractivity contribution in [3.8, 4) is 0 Å². The van der Waals surface area contributed by atoms with Crippen LogP contribution in [-0.2, 0) is 47.0 Å². The van der Waals surface area contributed by atoms with Crippen LogP contribution in [0.15, 0.2) is 0 Å². The van der Waals surface area contributed by atoms with Crippen LogP contribution >= 0.6 is 0 Å². The van der Waals surface area contributed by atoms with Crippen molar-refractivity contribution < 1.29 is 88.7 Å². The van der Waals surface area contributed by atoms with E-state index >= 15 is 0 Å². The van der Waals surface area contributed by atoms with Gasteiger partial charge >= 0.3 is 27.2 Å². The number of hydrogen-bond acceptors (Lipinski definition) is 1. The van der Waals surface area contributed by atoms with Gasteiger partial charge in [0.2, 0.25) is 0 Å². The molecule has 0 saturated heterocycles. The SMILES string of the molecule is [Ce].[O]=[InH].[Ta].[Ti]. The maximum atomic E-state index is 8.42. The Morgan fingerprint density at radius 2 is 1.20 bits per heavy atom. The molecule has 1 nitrogen and oxygen atoms in total. The minimum Gasteiger partial charge on any atom is 0 e. The van der Waals surface area contributed by atoms with E-state index in [4.69, 9.17) is 2.85 Å². The summed E-state index contributed by atoms with van der Waals surface area (Å²) in [5, 5.41) is 0. The molecule has 0 aliphatic heterocycles. The third-order valence-corrected chi connectivity index (χ3v) is 0. The second kappa shape index (κ2) is 25.9. The molecule has 0 spiro atoms. The molecule has 0 saturated carbocycles. The van der Waals surface area contributed by atoms with E-state index in [0.717, 1.165) is 0 Å². The predicted molar refractivity (Wildman–Crippen MR) is 7.84 cm³/mol. The van der Waals surface area contributed by atoms with Crippen LogP contribution in [0, 0.1) is 41.7 Å². The number of rotatable bonds is 0. The molecule has 0 aromatic rings. The molecule has 0 heterocycles. The average Bonchev–Trinajstić information content (AvgIpc) is 1.00. The smallest absolute Gasteiger partial charge is 0 e. The Morgan fingerprint density at radius 1 is 1.20 bits per heavy atom. The standard InChI is InChI=1S/Ce.In.O.Ta.Ti.H. The summed E-state index contributed by atoms with van der Waals surface area (Å²) in [6.45, 7) is 0. The van der Waals surface area contributed by atoms with E-state index in [-0.39, 0.29) is 110 Å². The van der Waals surface area contributed by atoms with Crippen molar-refractivity contribution >= 4 is 24.4 Å². The fraction of sp³-hybridized carbons (Fsp3) is 0. The van der Waals surface area contributed by atoms with E-state index in [9.17, 15) is 0 Å². The number of hydrogen-bond donors (Lipinski definition) is 0. The molecule has 5 heteroatoms. The summed E-state index contributed by atoms with van der Waals surface area (Å²) in [5.74, 6) is 0. The van der Waals surface area contributed by atoms with Gasteiger partial charge in [0.15, 0.2) is 0 Å². The topological polar surface area (TPSA) is 17.1 Å². The third kappa shape index (κ3) is 18.5. The van der Waals surface area contributed by atoms with Crippen molar-refractivity contribution in [3.63, 3.8) is 0 Å². The van der Waals surface area contributed by atoms with Gasteiger partial charge in [0.1, 0.15) is 0 Å². The quantitative estimate of drug-likeness (QED) is 0.399. The normalized spacial score (nSPS) is 0.600. The Balaban J connectivity index is -0.00000000167. The van der Waals surface area contributed by atoms with Crippen LogP contribution in [0.4, 0.5) is 0 Å². The van der Waals surface area contributed by atoms with Gasteiger partial charge in [-0.25, -0.2) is 0 Å². The average molecular weight is 501 g/mol. The zero-order chi connectivity index (χ0) is 2.00. The fourth-order valence-electron chi connectivity index (χ4n) is 0. The summed E-state index contributed by atoms with van der Waals surface area (Å²) in [6.07, 6.45) is 0. The molecule has 5 heavy (non-hydrogen) atoms. The second-order valence-electron chi connectivity index (χ2n) is 0. The van der Waals surface area contributed by atoms with Crippen LogP contribution in [-0.4, -0.2) is 24.4 Å². The van der Waals surface area contributed by atoms with E-state index in [1.54, 1.807) is 0 Å². The molecule has 23 valence electrons. The maximum absolute atomic E-state index is 8.42. The molecule has 0 N–H and O–H groups in total. The molecule has 0 unspecified atom stereocenters. The van der Waals surface area contributed by atoms with E-state index in [2.05, 4.69) is 0 Å². The Morgan fingerprint density at radius 3 is 1.20 bits per heavy atom. The van der Waals surface area contributed by atoms with Crippen molar-refractivity contribution in [1.29, 1.82) is 0 Å². The first-order valence-corrected chi connectivity index (χ1v) is 1.94. The molecule has 1 radical (unpaired) electrons. The summed E-state index contributed by atoms with van der Waals surface area (Å²) >= 11 is -0.1000. The van der Waals surface area contributed by atoms with Gasteiger partial charge in [-0.1, -0.05) is 0 Å². The van der Waals surface area contributed by atoms with Crippen molar-refractivity contribution in [3.05, 3.63) is 0 Å². The zero-order valence-corrected chi connectivity index (χ0v) is 14.5. The van der Waals surface area contributed by atoms with Crippen LogP contribution in [0.2, 0.25) is 0 Å². The van der Waals surface area contributed by atoms with Crippen LogP contribution in [0.5, 0.6) is 0 Å². The Kier molecular flexibility index (Phi) is 122. The van der Waals surface area contributed by atoms with Crippen LogP contribution in [0.3, 0.4) is 0 Å². The molecule has 0 aliphatic rings. The summed E-state index contributed by atoms with van der Waals surface area (Å²) in [5.41, 5.74) is 0. The van der Waals surface area contributed by atoms with Gasteiger partial charge in [-0.2, -0.15) is 0 Å². The van der Waals surface area contributed by atoms with Gasteiger partial charge < -0.3 is 0 Å². The summed E-state index contributed by atoms with van der Waals surface area (Å²) in [6, 6.07) is 0. The molecule has 0 aliphatic carbocycles. The molecule has 0 fully saturated rings.